The maximum Gasteiger partial charge on any atom is 0.344 e. The summed E-state index contributed by atoms with van der Waals surface area (Å²) in [6, 6.07) is 12.9. The molecule has 0 aliphatic carbocycles. The van der Waals surface area contributed by atoms with Crippen LogP contribution < -0.4 is 4.74 Å². The Balaban J connectivity index is 2.02. The minimum atomic E-state index is -0.697. The average molecular weight is 426 g/mol. The van der Waals surface area contributed by atoms with E-state index in [0.717, 1.165) is 11.8 Å². The Bertz CT molecular complexity index is 1070. The first-order valence-corrected chi connectivity index (χ1v) is 9.72. The number of thioether (sulfide) groups is 1. The van der Waals surface area contributed by atoms with Crippen LogP contribution in [0.2, 0.25) is 0 Å². The van der Waals surface area contributed by atoms with E-state index in [-0.39, 0.29) is 28.7 Å². The third-order valence-corrected chi connectivity index (χ3v) is 5.07. The second-order valence-electron chi connectivity index (χ2n) is 6.02. The summed E-state index contributed by atoms with van der Waals surface area (Å²) in [7, 11) is 1.55. The van der Waals surface area contributed by atoms with Gasteiger partial charge in [0.1, 0.15) is 22.1 Å². The van der Waals surface area contributed by atoms with E-state index in [1.807, 2.05) is 0 Å². The van der Waals surface area contributed by atoms with Gasteiger partial charge in [0.25, 0.3) is 5.69 Å². The molecule has 1 aliphatic heterocycles. The van der Waals surface area contributed by atoms with E-state index in [9.17, 15) is 20.0 Å². The SMILES string of the molecule is CCOC(=O)C1=C(O)/C(=C/c2cccc([N+](=O)[O-])c2)SC1=Nc1ccc(OC)cc1. The molecule has 30 heavy (non-hydrogen) atoms. The molecule has 8 nitrogen and oxygen atoms in total. The molecule has 1 heterocycles. The molecular formula is C21H18N2O6S. The highest BCUT2D eigenvalue weighted by atomic mass is 32.2. The molecule has 0 fully saturated rings. The number of hydrogen-bond donors (Lipinski definition) is 1. The molecule has 0 unspecified atom stereocenters. The number of methoxy groups -OCH3 is 1. The molecule has 0 saturated carbocycles. The third-order valence-electron chi connectivity index (χ3n) is 4.05. The first-order valence-electron chi connectivity index (χ1n) is 8.90. The van der Waals surface area contributed by atoms with Crippen LogP contribution in [0.4, 0.5) is 11.4 Å². The number of nitrogens with zero attached hydrogens (tertiary/aromatic N) is 2. The van der Waals surface area contributed by atoms with Gasteiger partial charge in [0, 0.05) is 12.1 Å². The minimum Gasteiger partial charge on any atom is -0.506 e. The fourth-order valence-corrected chi connectivity index (χ4v) is 3.68. The number of benzene rings is 2. The summed E-state index contributed by atoms with van der Waals surface area (Å²) in [6.45, 7) is 1.80. The quantitative estimate of drug-likeness (QED) is 0.401. The molecule has 1 aliphatic rings. The number of hydrogen-bond acceptors (Lipinski definition) is 8. The normalized spacial score (nSPS) is 16.2. The summed E-state index contributed by atoms with van der Waals surface area (Å²) in [4.78, 5) is 27.7. The molecule has 154 valence electrons. The molecule has 0 amide bonds. The lowest BCUT2D eigenvalue weighted by Crippen LogP contribution is -2.12. The highest BCUT2D eigenvalue weighted by molar-refractivity contribution is 8.18. The standard InChI is InChI=1S/C21H18N2O6S/c1-3-29-21(25)18-19(24)17(12-13-5-4-6-15(11-13)23(26)27)30-20(18)22-14-7-9-16(28-2)10-8-14/h4-12,24H,3H2,1-2H3/b17-12-,22-20?. The van der Waals surface area contributed by atoms with Crippen molar-refractivity contribution >= 4 is 40.2 Å². The molecule has 9 heteroatoms. The molecule has 3 rings (SSSR count). The summed E-state index contributed by atoms with van der Waals surface area (Å²) >= 11 is 1.08. The molecule has 0 saturated heterocycles. The van der Waals surface area contributed by atoms with Gasteiger partial charge in [0.2, 0.25) is 0 Å². The Labute approximate surface area is 176 Å². The van der Waals surface area contributed by atoms with Crippen molar-refractivity contribution in [2.45, 2.75) is 6.92 Å². The molecule has 0 spiro atoms. The fourth-order valence-electron chi connectivity index (χ4n) is 2.65. The van der Waals surface area contributed by atoms with E-state index in [2.05, 4.69) is 4.99 Å². The van der Waals surface area contributed by atoms with Gasteiger partial charge in [-0.2, -0.15) is 0 Å². The van der Waals surface area contributed by atoms with Crippen molar-refractivity contribution < 1.29 is 24.3 Å². The number of nitro benzene ring substituents is 1. The summed E-state index contributed by atoms with van der Waals surface area (Å²) in [5, 5.41) is 21.9. The second kappa shape index (κ2) is 9.27. The molecule has 2 aromatic carbocycles. The van der Waals surface area contributed by atoms with E-state index in [1.54, 1.807) is 56.5 Å². The van der Waals surface area contributed by atoms with Crippen LogP contribution >= 0.6 is 11.8 Å². The summed E-state index contributed by atoms with van der Waals surface area (Å²) in [6.07, 6.45) is 1.56. The van der Waals surface area contributed by atoms with E-state index in [4.69, 9.17) is 9.47 Å². The third kappa shape index (κ3) is 4.69. The molecule has 1 N–H and O–H groups in total. The topological polar surface area (TPSA) is 111 Å². The second-order valence-corrected chi connectivity index (χ2v) is 7.05. The summed E-state index contributed by atoms with van der Waals surface area (Å²) < 4.78 is 10.2. The number of carbonyl (C=O) groups is 1. The molecule has 0 aromatic heterocycles. The lowest BCUT2D eigenvalue weighted by molar-refractivity contribution is -0.384. The van der Waals surface area contributed by atoms with Crippen LogP contribution in [-0.4, -0.2) is 34.8 Å². The number of aliphatic imine (C=N–C) groups is 1. The van der Waals surface area contributed by atoms with Crippen molar-refractivity contribution in [3.63, 3.8) is 0 Å². The van der Waals surface area contributed by atoms with Crippen LogP contribution in [0.1, 0.15) is 12.5 Å². The maximum absolute atomic E-state index is 12.4. The Morgan fingerprint density at radius 3 is 2.63 bits per heavy atom. The van der Waals surface area contributed by atoms with Crippen molar-refractivity contribution in [1.82, 2.24) is 0 Å². The van der Waals surface area contributed by atoms with E-state index >= 15 is 0 Å². The zero-order valence-electron chi connectivity index (χ0n) is 16.2. The molecule has 2 aromatic rings. The van der Waals surface area contributed by atoms with Crippen LogP contribution in [0.3, 0.4) is 0 Å². The highest BCUT2D eigenvalue weighted by Crippen LogP contribution is 2.40. The predicted molar refractivity (Wildman–Crippen MR) is 115 cm³/mol. The van der Waals surface area contributed by atoms with E-state index < -0.39 is 10.9 Å². The van der Waals surface area contributed by atoms with Gasteiger partial charge >= 0.3 is 5.97 Å². The smallest absolute Gasteiger partial charge is 0.344 e. The lowest BCUT2D eigenvalue weighted by atomic mass is 10.1. The summed E-state index contributed by atoms with van der Waals surface area (Å²) in [5.41, 5.74) is 0.944. The van der Waals surface area contributed by atoms with Crippen LogP contribution in [0, 0.1) is 10.1 Å². The van der Waals surface area contributed by atoms with Crippen molar-refractivity contribution in [2.24, 2.45) is 4.99 Å². The van der Waals surface area contributed by atoms with Gasteiger partial charge in [-0.25, -0.2) is 9.79 Å². The lowest BCUT2D eigenvalue weighted by Gasteiger charge is -2.04. The monoisotopic (exact) mass is 426 g/mol. The van der Waals surface area contributed by atoms with E-state index in [1.165, 1.54) is 12.1 Å². The van der Waals surface area contributed by atoms with Gasteiger partial charge in [-0.15, -0.1) is 0 Å². The van der Waals surface area contributed by atoms with Crippen LogP contribution in [-0.2, 0) is 9.53 Å². The number of esters is 1. The van der Waals surface area contributed by atoms with Gasteiger partial charge in [-0.3, -0.25) is 10.1 Å². The Hall–Kier alpha value is -3.59. The number of rotatable bonds is 6. The van der Waals surface area contributed by atoms with Crippen LogP contribution in [0.5, 0.6) is 5.75 Å². The van der Waals surface area contributed by atoms with Crippen LogP contribution in [0.15, 0.2) is 69.8 Å². The zero-order valence-corrected chi connectivity index (χ0v) is 17.0. The largest absolute Gasteiger partial charge is 0.506 e. The highest BCUT2D eigenvalue weighted by Gasteiger charge is 2.33. The van der Waals surface area contributed by atoms with Gasteiger partial charge in [0.05, 0.1) is 29.2 Å². The van der Waals surface area contributed by atoms with Gasteiger partial charge in [-0.1, -0.05) is 23.9 Å². The minimum absolute atomic E-state index is 0.0469. The molecule has 0 bridgehead atoms. The molecular weight excluding hydrogens is 408 g/mol. The first kappa shape index (κ1) is 21.1. The van der Waals surface area contributed by atoms with E-state index in [0.29, 0.717) is 21.9 Å². The van der Waals surface area contributed by atoms with Crippen molar-refractivity contribution in [3.8, 4) is 5.75 Å². The average Bonchev–Trinajstić information content (AvgIpc) is 3.03. The fraction of sp³-hybridized carbons (Fsp3) is 0.143. The number of aliphatic hydroxyl groups is 1. The molecule has 0 radical (unpaired) electrons. The summed E-state index contributed by atoms with van der Waals surface area (Å²) in [5.74, 6) is -0.317. The van der Waals surface area contributed by atoms with Crippen molar-refractivity contribution in [2.75, 3.05) is 13.7 Å². The van der Waals surface area contributed by atoms with Crippen molar-refractivity contribution in [1.29, 1.82) is 0 Å². The zero-order chi connectivity index (χ0) is 21.7. The maximum atomic E-state index is 12.4. The number of nitro groups is 1. The number of aliphatic hydroxyl groups excluding tert-OH is 1. The Morgan fingerprint density at radius 2 is 2.00 bits per heavy atom. The number of carbonyl (C=O) groups excluding carboxylic acids is 1. The van der Waals surface area contributed by atoms with Gasteiger partial charge < -0.3 is 14.6 Å². The number of non-ortho nitro benzene ring substituents is 1. The Kier molecular flexibility index (Phi) is 6.53. The van der Waals surface area contributed by atoms with Gasteiger partial charge in [-0.05, 0) is 42.8 Å². The first-order chi connectivity index (χ1) is 14.4. The number of ether oxygens (including phenoxy) is 2. The Morgan fingerprint density at radius 1 is 1.27 bits per heavy atom. The van der Waals surface area contributed by atoms with Crippen LogP contribution in [0.25, 0.3) is 6.08 Å². The predicted octanol–water partition coefficient (Wildman–Crippen LogP) is 4.80. The van der Waals surface area contributed by atoms with Gasteiger partial charge in [0.15, 0.2) is 0 Å². The molecule has 0 atom stereocenters. The van der Waals surface area contributed by atoms with Crippen molar-refractivity contribution in [3.05, 3.63) is 80.4 Å².